The largest absolute Gasteiger partial charge is 0.485 e. The van der Waals surface area contributed by atoms with E-state index < -0.39 is 0 Å². The van der Waals surface area contributed by atoms with Crippen molar-refractivity contribution < 1.29 is 9.15 Å². The molecule has 1 aromatic heterocycles. The van der Waals surface area contributed by atoms with Gasteiger partial charge in [0.25, 0.3) is 0 Å². The van der Waals surface area contributed by atoms with Crippen molar-refractivity contribution in [1.29, 1.82) is 0 Å². The quantitative estimate of drug-likeness (QED) is 0.843. The maximum absolute atomic E-state index is 6.13. The van der Waals surface area contributed by atoms with Gasteiger partial charge < -0.3 is 14.1 Å². The van der Waals surface area contributed by atoms with Gasteiger partial charge in [-0.05, 0) is 26.1 Å². The van der Waals surface area contributed by atoms with Gasteiger partial charge >= 0.3 is 0 Å². The topological polar surface area (TPSA) is 54.6 Å². The fourth-order valence-electron chi connectivity index (χ4n) is 2.82. The van der Waals surface area contributed by atoms with E-state index >= 15 is 0 Å². The molecule has 6 nitrogen and oxygen atoms in total. The van der Waals surface area contributed by atoms with Crippen molar-refractivity contribution in [3.05, 3.63) is 36.0 Å². The minimum absolute atomic E-state index is 0.129. The molecule has 0 radical (unpaired) electrons. The standard InChI is InChI=1S/C16H22N4O2/c1-4-20-10-13(22-15-8-6-5-7-14(15)20)9-19(3)11-16-18-17-12(2)21-16/h5-8,13H,4,9-11H2,1-3H3/t13-/m0/s1. The third-order valence-corrected chi connectivity index (χ3v) is 3.79. The van der Waals surface area contributed by atoms with Crippen LogP contribution in [0.3, 0.4) is 0 Å². The van der Waals surface area contributed by atoms with Crippen LogP contribution in [0.5, 0.6) is 5.75 Å². The number of nitrogens with zero attached hydrogens (tertiary/aromatic N) is 4. The minimum atomic E-state index is 0.129. The van der Waals surface area contributed by atoms with Crippen LogP contribution in [0.4, 0.5) is 5.69 Å². The summed E-state index contributed by atoms with van der Waals surface area (Å²) in [6, 6.07) is 8.21. The molecule has 1 atom stereocenters. The third-order valence-electron chi connectivity index (χ3n) is 3.79. The number of fused-ring (bicyclic) bond motifs is 1. The highest BCUT2D eigenvalue weighted by atomic mass is 16.5. The number of hydrogen-bond acceptors (Lipinski definition) is 6. The molecule has 0 saturated carbocycles. The van der Waals surface area contributed by atoms with Crippen LogP contribution in [0.2, 0.25) is 0 Å². The summed E-state index contributed by atoms with van der Waals surface area (Å²) in [6.45, 7) is 7.28. The summed E-state index contributed by atoms with van der Waals surface area (Å²) in [5.74, 6) is 2.20. The van der Waals surface area contributed by atoms with E-state index in [2.05, 4.69) is 39.1 Å². The smallest absolute Gasteiger partial charge is 0.230 e. The lowest BCUT2D eigenvalue weighted by molar-refractivity contribution is 0.134. The summed E-state index contributed by atoms with van der Waals surface area (Å²) < 4.78 is 11.6. The molecule has 0 saturated heterocycles. The Hall–Kier alpha value is -2.08. The van der Waals surface area contributed by atoms with Gasteiger partial charge in [0.1, 0.15) is 11.9 Å². The highest BCUT2D eigenvalue weighted by Gasteiger charge is 2.25. The molecular formula is C16H22N4O2. The van der Waals surface area contributed by atoms with Crippen molar-refractivity contribution >= 4 is 5.69 Å². The van der Waals surface area contributed by atoms with Gasteiger partial charge in [0.05, 0.1) is 18.8 Å². The zero-order valence-corrected chi connectivity index (χ0v) is 13.3. The summed E-state index contributed by atoms with van der Waals surface area (Å²) in [6.07, 6.45) is 0.129. The van der Waals surface area contributed by atoms with Crippen molar-refractivity contribution in [2.45, 2.75) is 26.5 Å². The Labute approximate surface area is 130 Å². The Morgan fingerprint density at radius 3 is 2.86 bits per heavy atom. The summed E-state index contributed by atoms with van der Waals surface area (Å²) in [5, 5.41) is 7.90. The fourth-order valence-corrected chi connectivity index (χ4v) is 2.82. The van der Waals surface area contributed by atoms with E-state index in [9.17, 15) is 0 Å². The maximum Gasteiger partial charge on any atom is 0.230 e. The summed E-state index contributed by atoms with van der Waals surface area (Å²) in [7, 11) is 2.04. The Kier molecular flexibility index (Phi) is 4.29. The van der Waals surface area contributed by atoms with E-state index in [0.29, 0.717) is 18.3 Å². The predicted octanol–water partition coefficient (Wildman–Crippen LogP) is 2.10. The lowest BCUT2D eigenvalue weighted by atomic mass is 10.2. The molecule has 1 aromatic carbocycles. The second kappa shape index (κ2) is 6.36. The number of hydrogen-bond donors (Lipinski definition) is 0. The lowest BCUT2D eigenvalue weighted by Crippen LogP contribution is -2.45. The van der Waals surface area contributed by atoms with Crippen LogP contribution >= 0.6 is 0 Å². The molecular weight excluding hydrogens is 280 g/mol. The molecule has 6 heteroatoms. The Bertz CT molecular complexity index is 628. The van der Waals surface area contributed by atoms with Gasteiger partial charge in [-0.1, -0.05) is 12.1 Å². The van der Waals surface area contributed by atoms with Gasteiger partial charge in [-0.15, -0.1) is 10.2 Å². The molecule has 22 heavy (non-hydrogen) atoms. The van der Waals surface area contributed by atoms with E-state index in [1.54, 1.807) is 6.92 Å². The molecule has 2 aromatic rings. The van der Waals surface area contributed by atoms with E-state index in [4.69, 9.17) is 9.15 Å². The first-order valence-corrected chi connectivity index (χ1v) is 7.64. The zero-order chi connectivity index (χ0) is 15.5. The molecule has 0 unspecified atom stereocenters. The van der Waals surface area contributed by atoms with Gasteiger partial charge in [0.2, 0.25) is 11.8 Å². The number of anilines is 1. The third kappa shape index (κ3) is 3.22. The van der Waals surface area contributed by atoms with Gasteiger partial charge in [0.15, 0.2) is 0 Å². The molecule has 2 heterocycles. The van der Waals surface area contributed by atoms with Crippen LogP contribution in [0.15, 0.2) is 28.7 Å². The van der Waals surface area contributed by atoms with E-state index in [-0.39, 0.29) is 6.10 Å². The Morgan fingerprint density at radius 2 is 2.14 bits per heavy atom. The van der Waals surface area contributed by atoms with Crippen molar-refractivity contribution in [3.63, 3.8) is 0 Å². The SMILES string of the molecule is CCN1C[C@H](CN(C)Cc2nnc(C)o2)Oc2ccccc21. The van der Waals surface area contributed by atoms with E-state index in [0.717, 1.165) is 25.4 Å². The monoisotopic (exact) mass is 302 g/mol. The molecule has 0 aliphatic carbocycles. The van der Waals surface area contributed by atoms with Gasteiger partial charge in [-0.2, -0.15) is 0 Å². The van der Waals surface area contributed by atoms with Crippen LogP contribution in [-0.4, -0.2) is 47.9 Å². The molecule has 118 valence electrons. The van der Waals surface area contributed by atoms with Gasteiger partial charge in [-0.3, -0.25) is 4.90 Å². The number of aromatic nitrogens is 2. The molecule has 1 aliphatic heterocycles. The van der Waals surface area contributed by atoms with Crippen LogP contribution < -0.4 is 9.64 Å². The van der Waals surface area contributed by atoms with Crippen LogP contribution in [-0.2, 0) is 6.54 Å². The molecule has 0 fully saturated rings. The van der Waals surface area contributed by atoms with Gasteiger partial charge in [0, 0.05) is 20.0 Å². The average Bonchev–Trinajstić information content (AvgIpc) is 2.91. The molecule has 0 spiro atoms. The lowest BCUT2D eigenvalue weighted by Gasteiger charge is -2.37. The average molecular weight is 302 g/mol. The van der Waals surface area contributed by atoms with Crippen molar-refractivity contribution in [3.8, 4) is 5.75 Å². The van der Waals surface area contributed by atoms with Crippen molar-refractivity contribution in [2.75, 3.05) is 31.6 Å². The second-order valence-electron chi connectivity index (χ2n) is 5.66. The number of rotatable bonds is 5. The van der Waals surface area contributed by atoms with Crippen LogP contribution in [0, 0.1) is 6.92 Å². The second-order valence-corrected chi connectivity index (χ2v) is 5.66. The maximum atomic E-state index is 6.13. The fraction of sp³-hybridized carbons (Fsp3) is 0.500. The normalized spacial score (nSPS) is 17.5. The highest BCUT2D eigenvalue weighted by Crippen LogP contribution is 2.32. The summed E-state index contributed by atoms with van der Waals surface area (Å²) in [4.78, 5) is 4.51. The highest BCUT2D eigenvalue weighted by molar-refractivity contribution is 5.60. The molecule has 1 aliphatic rings. The first-order chi connectivity index (χ1) is 10.7. The predicted molar refractivity (Wildman–Crippen MR) is 84.1 cm³/mol. The molecule has 0 amide bonds. The van der Waals surface area contributed by atoms with Crippen LogP contribution in [0.25, 0.3) is 0 Å². The summed E-state index contributed by atoms with van der Waals surface area (Å²) in [5.41, 5.74) is 1.18. The van der Waals surface area contributed by atoms with E-state index in [1.807, 2.05) is 19.2 Å². The number of para-hydroxylation sites is 2. The number of benzene rings is 1. The van der Waals surface area contributed by atoms with Crippen molar-refractivity contribution in [1.82, 2.24) is 15.1 Å². The minimum Gasteiger partial charge on any atom is -0.485 e. The number of aryl methyl sites for hydroxylation is 1. The summed E-state index contributed by atoms with van der Waals surface area (Å²) >= 11 is 0. The Morgan fingerprint density at radius 1 is 1.32 bits per heavy atom. The van der Waals surface area contributed by atoms with E-state index in [1.165, 1.54) is 5.69 Å². The number of ether oxygens (including phenoxy) is 1. The zero-order valence-electron chi connectivity index (χ0n) is 13.3. The number of likely N-dealkylation sites (N-methyl/N-ethyl adjacent to an activating group) is 2. The molecule has 0 N–H and O–H groups in total. The molecule has 3 rings (SSSR count). The Balaban J connectivity index is 1.64. The first-order valence-electron chi connectivity index (χ1n) is 7.64. The first kappa shape index (κ1) is 14.8. The van der Waals surface area contributed by atoms with Gasteiger partial charge in [-0.25, -0.2) is 0 Å². The van der Waals surface area contributed by atoms with Crippen molar-refractivity contribution in [2.24, 2.45) is 0 Å². The van der Waals surface area contributed by atoms with Crippen LogP contribution in [0.1, 0.15) is 18.7 Å². The molecule has 0 bridgehead atoms.